The van der Waals surface area contributed by atoms with Gasteiger partial charge in [-0.15, -0.1) is 0 Å². The van der Waals surface area contributed by atoms with E-state index in [1.807, 2.05) is 0 Å². The summed E-state index contributed by atoms with van der Waals surface area (Å²) in [6.45, 7) is 0.180. The van der Waals surface area contributed by atoms with Crippen molar-refractivity contribution < 1.29 is 18.0 Å². The van der Waals surface area contributed by atoms with Crippen LogP contribution in [0.4, 0.5) is 18.9 Å². The lowest BCUT2D eigenvalue weighted by molar-refractivity contribution is -0.137. The van der Waals surface area contributed by atoms with Crippen molar-refractivity contribution in [1.29, 1.82) is 0 Å². The summed E-state index contributed by atoms with van der Waals surface area (Å²) in [7, 11) is 0. The number of amides is 1. The number of β-lactam (4-membered cyclic amide) rings is 1. The van der Waals surface area contributed by atoms with Crippen molar-refractivity contribution in [2.24, 2.45) is 5.73 Å². The molecule has 0 radical (unpaired) electrons. The number of alkyl halides is 3. The van der Waals surface area contributed by atoms with Crippen LogP contribution >= 0.6 is 11.6 Å². The number of hydrogen-bond donors (Lipinski definition) is 1. The molecule has 0 bridgehead atoms. The third-order valence-corrected chi connectivity index (χ3v) is 2.85. The zero-order chi connectivity index (χ0) is 12.8. The lowest BCUT2D eigenvalue weighted by Crippen LogP contribution is -2.61. The Kier molecular flexibility index (Phi) is 2.79. The molecule has 1 fully saturated rings. The van der Waals surface area contributed by atoms with Gasteiger partial charge in [0.2, 0.25) is 5.91 Å². The lowest BCUT2D eigenvalue weighted by atomic mass is 10.1. The van der Waals surface area contributed by atoms with Crippen molar-refractivity contribution in [2.75, 3.05) is 11.4 Å². The number of halogens is 4. The third kappa shape index (κ3) is 2.10. The van der Waals surface area contributed by atoms with Crippen LogP contribution in [0.5, 0.6) is 0 Å². The Labute approximate surface area is 99.9 Å². The van der Waals surface area contributed by atoms with E-state index in [-0.39, 0.29) is 17.3 Å². The van der Waals surface area contributed by atoms with Crippen LogP contribution in [0, 0.1) is 0 Å². The average Bonchev–Trinajstić information content (AvgIpc) is 2.25. The molecule has 2 N–H and O–H groups in total. The van der Waals surface area contributed by atoms with E-state index in [0.717, 1.165) is 23.1 Å². The Morgan fingerprint density at radius 3 is 2.53 bits per heavy atom. The molecule has 1 amide bonds. The summed E-state index contributed by atoms with van der Waals surface area (Å²) in [6.07, 6.45) is -4.46. The Bertz CT molecular complexity index is 475. The van der Waals surface area contributed by atoms with Crippen LogP contribution in [0.2, 0.25) is 5.02 Å². The van der Waals surface area contributed by atoms with E-state index in [4.69, 9.17) is 17.3 Å². The molecule has 1 unspecified atom stereocenters. The minimum Gasteiger partial charge on any atom is -0.318 e. The Morgan fingerprint density at radius 2 is 2.06 bits per heavy atom. The molecule has 1 aromatic carbocycles. The molecule has 1 atom stereocenters. The van der Waals surface area contributed by atoms with Gasteiger partial charge in [0.25, 0.3) is 0 Å². The molecule has 1 aliphatic heterocycles. The maximum Gasteiger partial charge on any atom is 0.416 e. The second-order valence-corrected chi connectivity index (χ2v) is 4.13. The highest BCUT2D eigenvalue weighted by Crippen LogP contribution is 2.36. The molecule has 17 heavy (non-hydrogen) atoms. The Morgan fingerprint density at radius 1 is 1.41 bits per heavy atom. The van der Waals surface area contributed by atoms with E-state index in [0.29, 0.717) is 0 Å². The van der Waals surface area contributed by atoms with Gasteiger partial charge in [-0.25, -0.2) is 0 Å². The largest absolute Gasteiger partial charge is 0.416 e. The second kappa shape index (κ2) is 3.89. The van der Waals surface area contributed by atoms with Crippen molar-refractivity contribution in [3.05, 3.63) is 28.8 Å². The van der Waals surface area contributed by atoms with Crippen molar-refractivity contribution in [1.82, 2.24) is 0 Å². The number of nitrogens with two attached hydrogens (primary N) is 1. The summed E-state index contributed by atoms with van der Waals surface area (Å²) < 4.78 is 37.5. The predicted octanol–water partition coefficient (Wildman–Crippen LogP) is 2.03. The zero-order valence-electron chi connectivity index (χ0n) is 8.46. The van der Waals surface area contributed by atoms with Crippen molar-refractivity contribution in [3.8, 4) is 0 Å². The minimum absolute atomic E-state index is 0.0493. The number of hydrogen-bond acceptors (Lipinski definition) is 2. The minimum atomic E-state index is -4.46. The molecule has 0 aromatic heterocycles. The van der Waals surface area contributed by atoms with Gasteiger partial charge in [0, 0.05) is 0 Å². The van der Waals surface area contributed by atoms with E-state index in [9.17, 15) is 18.0 Å². The maximum absolute atomic E-state index is 12.5. The highest BCUT2D eigenvalue weighted by Gasteiger charge is 2.37. The smallest absolute Gasteiger partial charge is 0.318 e. The SMILES string of the molecule is NC1CN(c2cc(C(F)(F)F)ccc2Cl)C1=O. The predicted molar refractivity (Wildman–Crippen MR) is 56.8 cm³/mol. The van der Waals surface area contributed by atoms with Gasteiger partial charge in [-0.05, 0) is 18.2 Å². The van der Waals surface area contributed by atoms with E-state index >= 15 is 0 Å². The molecular weight excluding hydrogens is 257 g/mol. The van der Waals surface area contributed by atoms with Gasteiger partial charge in [-0.1, -0.05) is 11.6 Å². The number of anilines is 1. The first-order valence-electron chi connectivity index (χ1n) is 4.74. The van der Waals surface area contributed by atoms with Crippen molar-refractivity contribution in [2.45, 2.75) is 12.2 Å². The first kappa shape index (κ1) is 12.2. The van der Waals surface area contributed by atoms with Crippen LogP contribution in [0.15, 0.2) is 18.2 Å². The van der Waals surface area contributed by atoms with Crippen LogP contribution < -0.4 is 10.6 Å². The van der Waals surface area contributed by atoms with Crippen molar-refractivity contribution >= 4 is 23.2 Å². The molecule has 0 spiro atoms. The summed E-state index contributed by atoms with van der Waals surface area (Å²) in [5, 5.41) is 0.0956. The molecule has 1 aliphatic rings. The highest BCUT2D eigenvalue weighted by molar-refractivity contribution is 6.34. The van der Waals surface area contributed by atoms with Crippen molar-refractivity contribution in [3.63, 3.8) is 0 Å². The van der Waals surface area contributed by atoms with Gasteiger partial charge in [0.1, 0.15) is 6.04 Å². The quantitative estimate of drug-likeness (QED) is 0.789. The van der Waals surface area contributed by atoms with Gasteiger partial charge >= 0.3 is 6.18 Å². The zero-order valence-corrected chi connectivity index (χ0v) is 9.22. The molecule has 3 nitrogen and oxygen atoms in total. The lowest BCUT2D eigenvalue weighted by Gasteiger charge is -2.36. The fourth-order valence-electron chi connectivity index (χ4n) is 1.57. The van der Waals surface area contributed by atoms with Crippen LogP contribution in [0.1, 0.15) is 5.56 Å². The van der Waals surface area contributed by atoms with Gasteiger partial charge < -0.3 is 10.6 Å². The highest BCUT2D eigenvalue weighted by atomic mass is 35.5. The van der Waals surface area contributed by atoms with Gasteiger partial charge in [-0.3, -0.25) is 4.79 Å². The summed E-state index contributed by atoms with van der Waals surface area (Å²) >= 11 is 5.76. The Hall–Kier alpha value is -1.27. The number of carbonyl (C=O) groups is 1. The van der Waals surface area contributed by atoms with Gasteiger partial charge in [-0.2, -0.15) is 13.2 Å². The molecular formula is C10H8ClF3N2O. The summed E-state index contributed by atoms with van der Waals surface area (Å²) in [5.41, 5.74) is 4.57. The fraction of sp³-hybridized carbons (Fsp3) is 0.300. The summed E-state index contributed by atoms with van der Waals surface area (Å²) in [6, 6.07) is 2.19. The third-order valence-electron chi connectivity index (χ3n) is 2.53. The molecule has 7 heteroatoms. The summed E-state index contributed by atoms with van der Waals surface area (Å²) in [5.74, 6) is -0.425. The maximum atomic E-state index is 12.5. The van der Waals surface area contributed by atoms with E-state index in [2.05, 4.69) is 0 Å². The molecule has 0 aliphatic carbocycles. The molecule has 1 heterocycles. The van der Waals surface area contributed by atoms with Gasteiger partial charge in [0.15, 0.2) is 0 Å². The fourth-order valence-corrected chi connectivity index (χ4v) is 1.78. The average molecular weight is 265 g/mol. The van der Waals surface area contributed by atoms with E-state index < -0.39 is 23.7 Å². The van der Waals surface area contributed by atoms with Gasteiger partial charge in [0.05, 0.1) is 22.8 Å². The molecule has 0 saturated carbocycles. The first-order valence-corrected chi connectivity index (χ1v) is 5.12. The van der Waals surface area contributed by atoms with Crippen LogP contribution in [0.25, 0.3) is 0 Å². The van der Waals surface area contributed by atoms with Crippen LogP contribution in [-0.2, 0) is 11.0 Å². The number of rotatable bonds is 1. The number of nitrogens with zero attached hydrogens (tertiary/aromatic N) is 1. The van der Waals surface area contributed by atoms with E-state index in [1.54, 1.807) is 0 Å². The monoisotopic (exact) mass is 264 g/mol. The molecule has 92 valence electrons. The number of carbonyl (C=O) groups excluding carboxylic acids is 1. The second-order valence-electron chi connectivity index (χ2n) is 3.72. The summed E-state index contributed by atoms with van der Waals surface area (Å²) in [4.78, 5) is 12.5. The van der Waals surface area contributed by atoms with Crippen LogP contribution in [-0.4, -0.2) is 18.5 Å². The van der Waals surface area contributed by atoms with E-state index in [1.165, 1.54) is 0 Å². The van der Waals surface area contributed by atoms with Crippen LogP contribution in [0.3, 0.4) is 0 Å². The number of benzene rings is 1. The first-order chi connectivity index (χ1) is 7.80. The molecule has 1 saturated heterocycles. The molecule has 1 aromatic rings. The normalized spacial score (nSPS) is 20.4. The standard InChI is InChI=1S/C10H8ClF3N2O/c11-6-2-1-5(10(12,13)14)3-8(6)16-4-7(15)9(16)17/h1-3,7H,4,15H2. The Balaban J connectivity index is 2.37. The molecule has 2 rings (SSSR count). The topological polar surface area (TPSA) is 46.3 Å².